The van der Waals surface area contributed by atoms with Crippen LogP contribution in [-0.4, -0.2) is 19.6 Å². The minimum Gasteiger partial charge on any atom is -0.340 e. The number of nitrogens with zero attached hydrogens (tertiary/aromatic N) is 4. The van der Waals surface area contributed by atoms with Gasteiger partial charge in [0, 0.05) is 23.0 Å². The third kappa shape index (κ3) is 3.08. The van der Waals surface area contributed by atoms with Gasteiger partial charge in [-0.1, -0.05) is 41.5 Å². The molecule has 2 heterocycles. The first-order valence-electron chi connectivity index (χ1n) is 8.24. The Kier molecular flexibility index (Phi) is 3.69. The van der Waals surface area contributed by atoms with Crippen LogP contribution in [0.15, 0.2) is 54.6 Å². The zero-order valence-electron chi connectivity index (χ0n) is 14.5. The molecular formula is C20H19N5. The molecule has 2 aromatic heterocycles. The third-order valence-corrected chi connectivity index (χ3v) is 4.04. The van der Waals surface area contributed by atoms with Crippen molar-refractivity contribution in [3.63, 3.8) is 0 Å². The highest BCUT2D eigenvalue weighted by Gasteiger charge is 2.12. The van der Waals surface area contributed by atoms with E-state index in [-0.39, 0.29) is 0 Å². The maximum Gasteiger partial charge on any atom is 0.254 e. The van der Waals surface area contributed by atoms with Crippen molar-refractivity contribution < 1.29 is 0 Å². The van der Waals surface area contributed by atoms with Gasteiger partial charge in [0.1, 0.15) is 5.82 Å². The number of aromatic nitrogens is 4. The lowest BCUT2D eigenvalue weighted by Gasteiger charge is -2.08. The SMILES string of the molecule is Cc1ccc(Nc2cc(C)nc3nc(-c4cccc(C)c4)nn23)cc1. The second kappa shape index (κ2) is 6.02. The van der Waals surface area contributed by atoms with E-state index in [0.29, 0.717) is 11.6 Å². The highest BCUT2D eigenvalue weighted by atomic mass is 15.4. The average molecular weight is 329 g/mol. The molecule has 0 spiro atoms. The smallest absolute Gasteiger partial charge is 0.254 e. The minimum atomic E-state index is 0.589. The van der Waals surface area contributed by atoms with Crippen LogP contribution >= 0.6 is 0 Å². The van der Waals surface area contributed by atoms with Gasteiger partial charge in [0.05, 0.1) is 0 Å². The zero-order valence-corrected chi connectivity index (χ0v) is 14.5. The van der Waals surface area contributed by atoms with Crippen LogP contribution in [0.25, 0.3) is 17.2 Å². The summed E-state index contributed by atoms with van der Waals surface area (Å²) in [4.78, 5) is 9.11. The van der Waals surface area contributed by atoms with Crippen LogP contribution in [0, 0.1) is 20.8 Å². The van der Waals surface area contributed by atoms with Crippen LogP contribution in [0.4, 0.5) is 11.5 Å². The van der Waals surface area contributed by atoms with Gasteiger partial charge in [-0.2, -0.15) is 9.50 Å². The normalized spacial score (nSPS) is 11.0. The Balaban J connectivity index is 1.80. The topological polar surface area (TPSA) is 55.1 Å². The average Bonchev–Trinajstić information content (AvgIpc) is 3.01. The molecule has 5 nitrogen and oxygen atoms in total. The van der Waals surface area contributed by atoms with E-state index in [1.165, 1.54) is 11.1 Å². The van der Waals surface area contributed by atoms with Crippen LogP contribution in [0.3, 0.4) is 0 Å². The van der Waals surface area contributed by atoms with Crippen LogP contribution in [0.2, 0.25) is 0 Å². The number of hydrogen-bond acceptors (Lipinski definition) is 4. The third-order valence-electron chi connectivity index (χ3n) is 4.04. The van der Waals surface area contributed by atoms with E-state index in [9.17, 15) is 0 Å². The summed E-state index contributed by atoms with van der Waals surface area (Å²) in [6, 6.07) is 18.4. The van der Waals surface area contributed by atoms with E-state index in [0.717, 1.165) is 22.8 Å². The molecule has 0 aliphatic heterocycles. The maximum atomic E-state index is 4.66. The molecule has 0 bridgehead atoms. The molecule has 0 atom stereocenters. The number of fused-ring (bicyclic) bond motifs is 1. The molecule has 0 radical (unpaired) electrons. The van der Waals surface area contributed by atoms with Crippen molar-refractivity contribution in [2.24, 2.45) is 0 Å². The molecule has 4 rings (SSSR count). The predicted molar refractivity (Wildman–Crippen MR) is 100 cm³/mol. The van der Waals surface area contributed by atoms with Crippen LogP contribution in [-0.2, 0) is 0 Å². The standard InChI is InChI=1S/C20H19N5/c1-13-7-9-17(10-8-13)22-18-12-15(3)21-20-23-19(24-25(18)20)16-6-4-5-14(2)11-16/h4-12,22H,1-3H3. The number of benzene rings is 2. The monoisotopic (exact) mass is 329 g/mol. The molecule has 2 aromatic carbocycles. The van der Waals surface area contributed by atoms with Crippen LogP contribution < -0.4 is 5.32 Å². The van der Waals surface area contributed by atoms with Gasteiger partial charge in [0.2, 0.25) is 0 Å². The van der Waals surface area contributed by atoms with E-state index in [4.69, 9.17) is 0 Å². The molecule has 4 aromatic rings. The molecule has 0 unspecified atom stereocenters. The van der Waals surface area contributed by atoms with Gasteiger partial charge >= 0.3 is 0 Å². The Morgan fingerprint density at radius 3 is 2.40 bits per heavy atom. The summed E-state index contributed by atoms with van der Waals surface area (Å²) >= 11 is 0. The molecule has 0 saturated carbocycles. The van der Waals surface area contributed by atoms with Crippen LogP contribution in [0.1, 0.15) is 16.8 Å². The Morgan fingerprint density at radius 1 is 0.840 bits per heavy atom. The maximum absolute atomic E-state index is 4.66. The largest absolute Gasteiger partial charge is 0.340 e. The van der Waals surface area contributed by atoms with Gasteiger partial charge in [-0.3, -0.25) is 0 Å². The molecule has 124 valence electrons. The minimum absolute atomic E-state index is 0.589. The van der Waals surface area contributed by atoms with Crippen molar-refractivity contribution >= 4 is 17.3 Å². The predicted octanol–water partition coefficient (Wildman–Crippen LogP) is 4.46. The van der Waals surface area contributed by atoms with Crippen molar-refractivity contribution in [2.45, 2.75) is 20.8 Å². The number of aryl methyl sites for hydroxylation is 3. The second-order valence-electron chi connectivity index (χ2n) is 6.29. The summed E-state index contributed by atoms with van der Waals surface area (Å²) in [6.07, 6.45) is 0. The van der Waals surface area contributed by atoms with Crippen molar-refractivity contribution in [3.05, 3.63) is 71.4 Å². The summed E-state index contributed by atoms with van der Waals surface area (Å²) in [5.74, 6) is 2.11. The van der Waals surface area contributed by atoms with E-state index >= 15 is 0 Å². The molecule has 0 aliphatic carbocycles. The van der Waals surface area contributed by atoms with Crippen molar-refractivity contribution in [3.8, 4) is 11.4 Å². The molecule has 0 amide bonds. The fourth-order valence-electron chi connectivity index (χ4n) is 2.77. The Morgan fingerprint density at radius 2 is 1.64 bits per heavy atom. The number of anilines is 2. The Labute approximate surface area is 146 Å². The Hall–Kier alpha value is -3.21. The van der Waals surface area contributed by atoms with Crippen molar-refractivity contribution in [2.75, 3.05) is 5.32 Å². The summed E-state index contributed by atoms with van der Waals surface area (Å²) in [5, 5.41) is 8.07. The lowest BCUT2D eigenvalue weighted by atomic mass is 10.1. The molecule has 25 heavy (non-hydrogen) atoms. The quantitative estimate of drug-likeness (QED) is 0.603. The number of rotatable bonds is 3. The van der Waals surface area contributed by atoms with E-state index in [1.807, 2.05) is 25.1 Å². The fourth-order valence-corrected chi connectivity index (χ4v) is 2.77. The van der Waals surface area contributed by atoms with Gasteiger partial charge in [0.15, 0.2) is 5.82 Å². The highest BCUT2D eigenvalue weighted by Crippen LogP contribution is 2.22. The first-order chi connectivity index (χ1) is 12.1. The van der Waals surface area contributed by atoms with Gasteiger partial charge in [0.25, 0.3) is 5.78 Å². The first-order valence-corrected chi connectivity index (χ1v) is 8.24. The lowest BCUT2D eigenvalue weighted by Crippen LogP contribution is -2.02. The summed E-state index contributed by atoms with van der Waals surface area (Å²) in [5.41, 5.74) is 5.29. The second-order valence-corrected chi connectivity index (χ2v) is 6.29. The summed E-state index contributed by atoms with van der Waals surface area (Å²) in [6.45, 7) is 6.09. The first kappa shape index (κ1) is 15.3. The van der Waals surface area contributed by atoms with Gasteiger partial charge in [-0.15, -0.1) is 5.10 Å². The lowest BCUT2D eigenvalue weighted by molar-refractivity contribution is 0.940. The van der Waals surface area contributed by atoms with E-state index < -0.39 is 0 Å². The fraction of sp³-hybridized carbons (Fsp3) is 0.150. The molecular weight excluding hydrogens is 310 g/mol. The molecule has 0 saturated heterocycles. The highest BCUT2D eigenvalue weighted by molar-refractivity contribution is 5.62. The molecule has 1 N–H and O–H groups in total. The molecule has 0 fully saturated rings. The van der Waals surface area contributed by atoms with Crippen molar-refractivity contribution in [1.29, 1.82) is 0 Å². The van der Waals surface area contributed by atoms with E-state index in [1.54, 1.807) is 4.52 Å². The summed E-state index contributed by atoms with van der Waals surface area (Å²) < 4.78 is 1.75. The zero-order chi connectivity index (χ0) is 17.4. The van der Waals surface area contributed by atoms with Gasteiger partial charge in [-0.05, 0) is 39.0 Å². The molecule has 0 aliphatic rings. The van der Waals surface area contributed by atoms with Gasteiger partial charge in [-0.25, -0.2) is 4.98 Å². The van der Waals surface area contributed by atoms with Crippen molar-refractivity contribution in [1.82, 2.24) is 19.6 Å². The van der Waals surface area contributed by atoms with Gasteiger partial charge < -0.3 is 5.32 Å². The number of nitrogens with one attached hydrogen (secondary N) is 1. The molecule has 5 heteroatoms. The number of hydrogen-bond donors (Lipinski definition) is 1. The Bertz CT molecular complexity index is 1050. The van der Waals surface area contributed by atoms with E-state index in [2.05, 4.69) is 70.6 Å². The van der Waals surface area contributed by atoms with Crippen LogP contribution in [0.5, 0.6) is 0 Å². The summed E-state index contributed by atoms with van der Waals surface area (Å²) in [7, 11) is 0.